The highest BCUT2D eigenvalue weighted by molar-refractivity contribution is 6.30. The van der Waals surface area contributed by atoms with Crippen LogP contribution in [0, 0.1) is 11.6 Å². The molecule has 3 aromatic rings. The number of para-hydroxylation sites is 1. The molecular weight excluding hydrogens is 400 g/mol. The fourth-order valence-corrected chi connectivity index (χ4v) is 2.66. The van der Waals surface area contributed by atoms with E-state index in [1.165, 1.54) is 0 Å². The smallest absolute Gasteiger partial charge is 0.257 e. The fraction of sp³-hybridized carbons (Fsp3) is 0.0476. The van der Waals surface area contributed by atoms with Crippen LogP contribution in [-0.2, 0) is 4.79 Å². The Balaban J connectivity index is 1.65. The van der Waals surface area contributed by atoms with Crippen molar-refractivity contribution in [3.63, 3.8) is 0 Å². The molecule has 2 amide bonds. The molecule has 0 bridgehead atoms. The van der Waals surface area contributed by atoms with E-state index in [9.17, 15) is 18.4 Å². The van der Waals surface area contributed by atoms with Crippen molar-refractivity contribution < 1.29 is 18.4 Å². The van der Waals surface area contributed by atoms with Crippen molar-refractivity contribution in [1.82, 2.24) is 0 Å². The van der Waals surface area contributed by atoms with Crippen LogP contribution in [-0.4, -0.2) is 18.4 Å². The van der Waals surface area contributed by atoms with Gasteiger partial charge in [0.1, 0.15) is 11.6 Å². The highest BCUT2D eigenvalue weighted by Crippen LogP contribution is 2.19. The van der Waals surface area contributed by atoms with Crippen LogP contribution >= 0.6 is 11.6 Å². The van der Waals surface area contributed by atoms with Crippen LogP contribution in [0.4, 0.5) is 25.8 Å². The zero-order valence-corrected chi connectivity index (χ0v) is 15.8. The molecule has 3 aromatic carbocycles. The zero-order chi connectivity index (χ0) is 20.8. The van der Waals surface area contributed by atoms with Gasteiger partial charge in [-0.1, -0.05) is 23.7 Å². The molecule has 0 aliphatic rings. The second kappa shape index (κ2) is 9.16. The van der Waals surface area contributed by atoms with E-state index in [4.69, 9.17) is 11.6 Å². The van der Waals surface area contributed by atoms with Crippen molar-refractivity contribution in [2.75, 3.05) is 22.5 Å². The molecule has 5 nitrogen and oxygen atoms in total. The average molecular weight is 416 g/mol. The molecule has 8 heteroatoms. The number of hydrogen-bond donors (Lipinski definition) is 3. The lowest BCUT2D eigenvalue weighted by molar-refractivity contribution is -0.114. The molecule has 0 radical (unpaired) electrons. The number of carbonyl (C=O) groups is 2. The van der Waals surface area contributed by atoms with Crippen LogP contribution in [0.5, 0.6) is 0 Å². The van der Waals surface area contributed by atoms with Gasteiger partial charge in [-0.2, -0.15) is 0 Å². The van der Waals surface area contributed by atoms with E-state index in [-0.39, 0.29) is 18.1 Å². The summed E-state index contributed by atoms with van der Waals surface area (Å²) in [4.78, 5) is 24.6. The zero-order valence-electron chi connectivity index (χ0n) is 15.0. The van der Waals surface area contributed by atoms with Crippen LogP contribution in [0.3, 0.4) is 0 Å². The van der Waals surface area contributed by atoms with Crippen molar-refractivity contribution in [2.45, 2.75) is 0 Å². The summed E-state index contributed by atoms with van der Waals surface area (Å²) in [6.07, 6.45) is 0. The van der Waals surface area contributed by atoms with E-state index in [1.807, 2.05) is 0 Å². The molecule has 3 N–H and O–H groups in total. The van der Waals surface area contributed by atoms with Crippen LogP contribution in [0.25, 0.3) is 0 Å². The quantitative estimate of drug-likeness (QED) is 0.535. The second-order valence-electron chi connectivity index (χ2n) is 6.03. The lowest BCUT2D eigenvalue weighted by Gasteiger charge is -2.13. The van der Waals surface area contributed by atoms with Gasteiger partial charge in [-0.3, -0.25) is 9.59 Å². The minimum atomic E-state index is -0.748. The van der Waals surface area contributed by atoms with E-state index in [2.05, 4.69) is 16.0 Å². The normalized spacial score (nSPS) is 10.3. The van der Waals surface area contributed by atoms with Crippen LogP contribution in [0.2, 0.25) is 5.02 Å². The van der Waals surface area contributed by atoms with Gasteiger partial charge in [0.05, 0.1) is 17.8 Å². The molecule has 0 saturated carbocycles. The Hall–Kier alpha value is -3.45. The molecular formula is C21H16ClF2N3O2. The highest BCUT2D eigenvalue weighted by Gasteiger charge is 2.13. The van der Waals surface area contributed by atoms with Gasteiger partial charge in [-0.25, -0.2) is 8.78 Å². The Bertz CT molecular complexity index is 1040. The second-order valence-corrected chi connectivity index (χ2v) is 6.47. The Morgan fingerprint density at radius 2 is 1.59 bits per heavy atom. The number of halogens is 3. The molecule has 29 heavy (non-hydrogen) atoms. The summed E-state index contributed by atoms with van der Waals surface area (Å²) in [5.41, 5.74) is 1.03. The van der Waals surface area contributed by atoms with Gasteiger partial charge in [0.2, 0.25) is 5.91 Å². The summed E-state index contributed by atoms with van der Waals surface area (Å²) < 4.78 is 26.8. The first-order valence-electron chi connectivity index (χ1n) is 8.57. The van der Waals surface area contributed by atoms with E-state index in [0.717, 1.165) is 18.2 Å². The molecule has 0 aliphatic heterocycles. The van der Waals surface area contributed by atoms with E-state index in [0.29, 0.717) is 22.0 Å². The van der Waals surface area contributed by atoms with Gasteiger partial charge in [0.15, 0.2) is 0 Å². The topological polar surface area (TPSA) is 70.2 Å². The third kappa shape index (κ3) is 5.52. The molecule has 0 atom stereocenters. The summed E-state index contributed by atoms with van der Waals surface area (Å²) in [5.74, 6) is -2.39. The van der Waals surface area contributed by atoms with Gasteiger partial charge >= 0.3 is 0 Å². The first kappa shape index (κ1) is 20.3. The lowest BCUT2D eigenvalue weighted by Crippen LogP contribution is -2.24. The fourth-order valence-electron chi connectivity index (χ4n) is 2.53. The number of hydrogen-bond acceptors (Lipinski definition) is 3. The summed E-state index contributed by atoms with van der Waals surface area (Å²) >= 11 is 5.83. The summed E-state index contributed by atoms with van der Waals surface area (Å²) in [6, 6.07) is 16.0. The number of nitrogens with one attached hydrogen (secondary N) is 3. The molecule has 3 rings (SSSR count). The molecule has 0 aromatic heterocycles. The number of anilines is 3. The Morgan fingerprint density at radius 1 is 0.862 bits per heavy atom. The number of carbonyl (C=O) groups excluding carboxylic acids is 2. The molecule has 0 saturated heterocycles. The largest absolute Gasteiger partial charge is 0.376 e. The van der Waals surface area contributed by atoms with Gasteiger partial charge in [0, 0.05) is 22.5 Å². The van der Waals surface area contributed by atoms with Gasteiger partial charge in [0.25, 0.3) is 5.91 Å². The Kier molecular flexibility index (Phi) is 6.41. The lowest BCUT2D eigenvalue weighted by atomic mass is 10.1. The van der Waals surface area contributed by atoms with Gasteiger partial charge in [-0.15, -0.1) is 0 Å². The van der Waals surface area contributed by atoms with Gasteiger partial charge in [-0.05, 0) is 48.5 Å². The van der Waals surface area contributed by atoms with Crippen molar-refractivity contribution >= 4 is 40.5 Å². The van der Waals surface area contributed by atoms with Crippen molar-refractivity contribution in [1.29, 1.82) is 0 Å². The minimum Gasteiger partial charge on any atom is -0.376 e. The van der Waals surface area contributed by atoms with Crippen LogP contribution < -0.4 is 16.0 Å². The Morgan fingerprint density at radius 3 is 2.34 bits per heavy atom. The van der Waals surface area contributed by atoms with Gasteiger partial charge < -0.3 is 16.0 Å². The first-order valence-corrected chi connectivity index (χ1v) is 8.95. The molecule has 0 unspecified atom stereocenters. The summed E-state index contributed by atoms with van der Waals surface area (Å²) in [5, 5.41) is 8.40. The molecule has 0 fully saturated rings. The van der Waals surface area contributed by atoms with Crippen molar-refractivity contribution in [3.8, 4) is 0 Å². The SMILES string of the molecule is O=C(CNc1ccccc1C(=O)Nc1ccc(Cl)cc1)Nc1cc(F)ccc1F. The highest BCUT2D eigenvalue weighted by atomic mass is 35.5. The minimum absolute atomic E-state index is 0.249. The first-order chi connectivity index (χ1) is 13.9. The molecule has 0 heterocycles. The van der Waals surface area contributed by atoms with E-state index < -0.39 is 17.5 Å². The number of rotatable bonds is 6. The molecule has 0 aliphatic carbocycles. The van der Waals surface area contributed by atoms with Crippen molar-refractivity contribution in [2.24, 2.45) is 0 Å². The third-order valence-corrected chi connectivity index (χ3v) is 4.17. The predicted molar refractivity (Wildman–Crippen MR) is 109 cm³/mol. The van der Waals surface area contributed by atoms with E-state index in [1.54, 1.807) is 48.5 Å². The predicted octanol–water partition coefficient (Wildman–Crippen LogP) is 4.92. The standard InChI is InChI=1S/C21H16ClF2N3O2/c22-13-5-8-15(9-6-13)26-21(29)16-3-1-2-4-18(16)25-12-20(28)27-19-11-14(23)7-10-17(19)24/h1-11,25H,12H2,(H,26,29)(H,27,28). The van der Waals surface area contributed by atoms with Crippen molar-refractivity contribution in [3.05, 3.63) is 89.0 Å². The maximum absolute atomic E-state index is 13.6. The Labute approximate surface area is 170 Å². The molecule has 148 valence electrons. The monoisotopic (exact) mass is 415 g/mol. The maximum atomic E-state index is 13.6. The van der Waals surface area contributed by atoms with E-state index >= 15 is 0 Å². The summed E-state index contributed by atoms with van der Waals surface area (Å²) in [7, 11) is 0. The number of benzene rings is 3. The summed E-state index contributed by atoms with van der Waals surface area (Å²) in [6.45, 7) is -0.249. The van der Waals surface area contributed by atoms with Crippen LogP contribution in [0.1, 0.15) is 10.4 Å². The maximum Gasteiger partial charge on any atom is 0.257 e. The third-order valence-electron chi connectivity index (χ3n) is 3.92. The molecule has 0 spiro atoms. The van der Waals surface area contributed by atoms with Crippen LogP contribution in [0.15, 0.2) is 66.7 Å². The number of amides is 2. The average Bonchev–Trinajstić information content (AvgIpc) is 2.71.